The predicted molar refractivity (Wildman–Crippen MR) is 69.4 cm³/mol. The molecule has 3 aliphatic heterocycles. The molecule has 0 aromatic carbocycles. The number of hydrogen-bond acceptors (Lipinski definition) is 3. The Balaban J connectivity index is 1.65. The minimum atomic E-state index is 0.495. The largest absolute Gasteiger partial charge is 0.373 e. The van der Waals surface area contributed by atoms with Gasteiger partial charge in [-0.05, 0) is 30.1 Å². The molecule has 0 aliphatic carbocycles. The van der Waals surface area contributed by atoms with Gasteiger partial charge in [0.15, 0.2) is 0 Å². The summed E-state index contributed by atoms with van der Waals surface area (Å²) in [5, 5.41) is 0. The molecule has 3 fully saturated rings. The fraction of sp³-hybridized carbons (Fsp3) is 1.00. The third-order valence-electron chi connectivity index (χ3n) is 5.15. The van der Waals surface area contributed by atoms with Crippen molar-refractivity contribution >= 4 is 0 Å². The molecule has 104 valence electrons. The minimum absolute atomic E-state index is 0.495. The van der Waals surface area contributed by atoms with Crippen molar-refractivity contribution in [3.63, 3.8) is 0 Å². The molecule has 3 heterocycles. The Morgan fingerprint density at radius 1 is 1.00 bits per heavy atom. The molecule has 3 nitrogen and oxygen atoms in total. The van der Waals surface area contributed by atoms with Gasteiger partial charge in [0.25, 0.3) is 0 Å². The van der Waals surface area contributed by atoms with E-state index in [4.69, 9.17) is 14.2 Å². The van der Waals surface area contributed by atoms with Crippen molar-refractivity contribution in [2.45, 2.75) is 51.9 Å². The van der Waals surface area contributed by atoms with E-state index in [0.29, 0.717) is 36.1 Å². The van der Waals surface area contributed by atoms with E-state index in [-0.39, 0.29) is 0 Å². The quantitative estimate of drug-likeness (QED) is 0.625. The SMILES string of the molecule is CCC(C)C(C1CO1)C(C)C(CC1CO1)C1CO1. The van der Waals surface area contributed by atoms with Gasteiger partial charge in [-0.15, -0.1) is 0 Å². The van der Waals surface area contributed by atoms with Crippen LogP contribution in [0.1, 0.15) is 33.6 Å². The van der Waals surface area contributed by atoms with Crippen molar-refractivity contribution in [3.8, 4) is 0 Å². The van der Waals surface area contributed by atoms with Crippen LogP contribution in [0.5, 0.6) is 0 Å². The van der Waals surface area contributed by atoms with Crippen LogP contribution >= 0.6 is 0 Å². The zero-order valence-corrected chi connectivity index (χ0v) is 11.8. The highest BCUT2D eigenvalue weighted by Crippen LogP contribution is 2.44. The normalized spacial score (nSPS) is 39.8. The first-order chi connectivity index (χ1) is 8.70. The first-order valence-corrected chi connectivity index (χ1v) is 7.55. The molecule has 3 rings (SSSR count). The smallest absolute Gasteiger partial charge is 0.0843 e. The van der Waals surface area contributed by atoms with Crippen LogP contribution in [0.3, 0.4) is 0 Å². The molecule has 0 bridgehead atoms. The molecule has 3 saturated heterocycles. The third kappa shape index (κ3) is 2.89. The Morgan fingerprint density at radius 2 is 1.61 bits per heavy atom. The van der Waals surface area contributed by atoms with Crippen LogP contribution in [0.15, 0.2) is 0 Å². The fourth-order valence-electron chi connectivity index (χ4n) is 3.57. The van der Waals surface area contributed by atoms with E-state index >= 15 is 0 Å². The van der Waals surface area contributed by atoms with E-state index in [0.717, 1.165) is 25.7 Å². The topological polar surface area (TPSA) is 37.6 Å². The van der Waals surface area contributed by atoms with Crippen LogP contribution in [0, 0.1) is 23.7 Å². The molecule has 0 aromatic heterocycles. The third-order valence-corrected chi connectivity index (χ3v) is 5.15. The molecule has 0 spiro atoms. The van der Waals surface area contributed by atoms with Gasteiger partial charge >= 0.3 is 0 Å². The summed E-state index contributed by atoms with van der Waals surface area (Å²) in [6.07, 6.45) is 3.95. The van der Waals surface area contributed by atoms with E-state index in [1.54, 1.807) is 0 Å². The van der Waals surface area contributed by atoms with Gasteiger partial charge in [0.2, 0.25) is 0 Å². The molecule has 0 radical (unpaired) electrons. The van der Waals surface area contributed by atoms with Crippen LogP contribution in [0.2, 0.25) is 0 Å². The summed E-state index contributed by atoms with van der Waals surface area (Å²) in [5.41, 5.74) is 0. The Labute approximate surface area is 110 Å². The van der Waals surface area contributed by atoms with Gasteiger partial charge in [0, 0.05) is 0 Å². The van der Waals surface area contributed by atoms with Gasteiger partial charge in [-0.1, -0.05) is 27.2 Å². The first kappa shape index (κ1) is 12.9. The van der Waals surface area contributed by atoms with Crippen molar-refractivity contribution in [2.75, 3.05) is 19.8 Å². The molecule has 7 atom stereocenters. The lowest BCUT2D eigenvalue weighted by Gasteiger charge is -2.33. The summed E-state index contributed by atoms with van der Waals surface area (Å²) in [6.45, 7) is 9.97. The van der Waals surface area contributed by atoms with Crippen LogP contribution in [-0.2, 0) is 14.2 Å². The molecule has 3 heteroatoms. The molecule has 0 saturated carbocycles. The molecule has 0 amide bonds. The summed E-state index contributed by atoms with van der Waals surface area (Å²) in [4.78, 5) is 0. The second kappa shape index (κ2) is 5.10. The number of rotatable bonds is 8. The van der Waals surface area contributed by atoms with Crippen molar-refractivity contribution < 1.29 is 14.2 Å². The molecule has 18 heavy (non-hydrogen) atoms. The average molecular weight is 254 g/mol. The van der Waals surface area contributed by atoms with Gasteiger partial charge in [-0.3, -0.25) is 0 Å². The summed E-state index contributed by atoms with van der Waals surface area (Å²) in [7, 11) is 0. The zero-order valence-electron chi connectivity index (χ0n) is 11.8. The van der Waals surface area contributed by atoms with E-state index in [1.165, 1.54) is 12.8 Å². The number of hydrogen-bond donors (Lipinski definition) is 0. The average Bonchev–Trinajstić information content (AvgIpc) is 3.18. The van der Waals surface area contributed by atoms with Crippen LogP contribution in [0.4, 0.5) is 0 Å². The first-order valence-electron chi connectivity index (χ1n) is 7.55. The lowest BCUT2D eigenvalue weighted by Crippen LogP contribution is -2.33. The van der Waals surface area contributed by atoms with Crippen molar-refractivity contribution in [1.29, 1.82) is 0 Å². The van der Waals surface area contributed by atoms with Gasteiger partial charge in [0.1, 0.15) is 0 Å². The Bertz CT molecular complexity index is 281. The van der Waals surface area contributed by atoms with Crippen LogP contribution < -0.4 is 0 Å². The minimum Gasteiger partial charge on any atom is -0.373 e. The van der Waals surface area contributed by atoms with Gasteiger partial charge in [-0.2, -0.15) is 0 Å². The predicted octanol–water partition coefficient (Wildman–Crippen LogP) is 2.49. The Kier molecular flexibility index (Phi) is 3.65. The fourth-order valence-corrected chi connectivity index (χ4v) is 3.57. The summed E-state index contributed by atoms with van der Waals surface area (Å²) in [5.74, 6) is 2.79. The van der Waals surface area contributed by atoms with E-state index in [2.05, 4.69) is 20.8 Å². The molecular weight excluding hydrogens is 228 g/mol. The lowest BCUT2D eigenvalue weighted by molar-refractivity contribution is 0.111. The maximum absolute atomic E-state index is 5.61. The van der Waals surface area contributed by atoms with Gasteiger partial charge < -0.3 is 14.2 Å². The highest BCUT2D eigenvalue weighted by atomic mass is 16.6. The summed E-state index contributed by atoms with van der Waals surface area (Å²) in [6, 6.07) is 0. The van der Waals surface area contributed by atoms with Gasteiger partial charge in [-0.25, -0.2) is 0 Å². The molecule has 0 N–H and O–H groups in total. The van der Waals surface area contributed by atoms with E-state index in [1.807, 2.05) is 0 Å². The molecule has 0 aromatic rings. The number of ether oxygens (including phenoxy) is 3. The van der Waals surface area contributed by atoms with Crippen molar-refractivity contribution in [3.05, 3.63) is 0 Å². The monoisotopic (exact) mass is 254 g/mol. The highest BCUT2D eigenvalue weighted by Gasteiger charge is 2.47. The Hall–Kier alpha value is -0.120. The maximum atomic E-state index is 5.61. The zero-order chi connectivity index (χ0) is 12.7. The van der Waals surface area contributed by atoms with Crippen LogP contribution in [0.25, 0.3) is 0 Å². The second-order valence-electron chi connectivity index (χ2n) is 6.42. The van der Waals surface area contributed by atoms with Gasteiger partial charge in [0.05, 0.1) is 38.1 Å². The highest BCUT2D eigenvalue weighted by molar-refractivity contribution is 4.94. The standard InChI is InChI=1S/C15H26O3/c1-4-9(2)15(14-8-18-14)10(3)12(13-7-17-13)5-11-6-16-11/h9-15H,4-8H2,1-3H3. The number of epoxide rings is 3. The molecule has 7 unspecified atom stereocenters. The molecular formula is C15H26O3. The van der Waals surface area contributed by atoms with Crippen molar-refractivity contribution in [1.82, 2.24) is 0 Å². The molecule has 3 aliphatic rings. The van der Waals surface area contributed by atoms with Crippen LogP contribution in [-0.4, -0.2) is 38.1 Å². The maximum Gasteiger partial charge on any atom is 0.0843 e. The lowest BCUT2D eigenvalue weighted by atomic mass is 9.71. The van der Waals surface area contributed by atoms with E-state index < -0.39 is 0 Å². The summed E-state index contributed by atoms with van der Waals surface area (Å²) < 4.78 is 16.6. The summed E-state index contributed by atoms with van der Waals surface area (Å²) >= 11 is 0. The second-order valence-corrected chi connectivity index (χ2v) is 6.42. The van der Waals surface area contributed by atoms with Crippen molar-refractivity contribution in [2.24, 2.45) is 23.7 Å². The Morgan fingerprint density at radius 3 is 2.06 bits per heavy atom. The van der Waals surface area contributed by atoms with E-state index in [9.17, 15) is 0 Å².